The van der Waals surface area contributed by atoms with Gasteiger partial charge in [-0.05, 0) is 48.7 Å². The van der Waals surface area contributed by atoms with E-state index in [1.54, 1.807) is 23.0 Å². The van der Waals surface area contributed by atoms with Crippen LogP contribution in [0.5, 0.6) is 0 Å². The van der Waals surface area contributed by atoms with Crippen molar-refractivity contribution in [3.63, 3.8) is 0 Å². The van der Waals surface area contributed by atoms with Gasteiger partial charge < -0.3 is 4.90 Å². The molecule has 1 saturated heterocycles. The van der Waals surface area contributed by atoms with E-state index in [-0.39, 0.29) is 18.2 Å². The Labute approximate surface area is 182 Å². The minimum absolute atomic E-state index is 0.207. The Balaban J connectivity index is 1.41. The lowest BCUT2D eigenvalue weighted by atomic mass is 10.0. The number of benzene rings is 2. The Bertz CT molecular complexity index is 1250. The summed E-state index contributed by atoms with van der Waals surface area (Å²) in [6.07, 6.45) is 2.35. The number of amides is 3. The number of carbonyl (C=O) groups excluding carboxylic acids is 3. The van der Waals surface area contributed by atoms with Crippen molar-refractivity contribution in [2.24, 2.45) is 0 Å². The monoisotopic (exact) mass is 435 g/mol. The van der Waals surface area contributed by atoms with E-state index in [1.165, 1.54) is 4.90 Å². The summed E-state index contributed by atoms with van der Waals surface area (Å²) < 4.78 is 1.63. The quantitative estimate of drug-likeness (QED) is 0.638. The molecule has 2 aliphatic heterocycles. The Morgan fingerprint density at radius 2 is 1.90 bits per heavy atom. The number of rotatable bonds is 3. The van der Waals surface area contributed by atoms with Gasteiger partial charge >= 0.3 is 0 Å². The second-order valence-electron chi connectivity index (χ2n) is 7.77. The highest BCUT2D eigenvalue weighted by molar-refractivity contribution is 6.33. The summed E-state index contributed by atoms with van der Waals surface area (Å²) in [5.41, 5.74) is 4.60. The molecule has 1 aromatic heterocycles. The van der Waals surface area contributed by atoms with Gasteiger partial charge in [0, 0.05) is 24.1 Å². The molecule has 3 heterocycles. The molecule has 2 aliphatic rings. The van der Waals surface area contributed by atoms with Gasteiger partial charge in [-0.15, -0.1) is 5.10 Å². The summed E-state index contributed by atoms with van der Waals surface area (Å²) in [6.45, 7) is 2.27. The molecule has 3 amide bonds. The maximum atomic E-state index is 12.8. The van der Waals surface area contributed by atoms with Crippen LogP contribution in [-0.2, 0) is 16.1 Å². The molecule has 8 nitrogen and oxygen atoms in total. The van der Waals surface area contributed by atoms with Gasteiger partial charge in [0.2, 0.25) is 11.8 Å². The Hall–Kier alpha value is -3.52. The highest BCUT2D eigenvalue weighted by Gasteiger charge is 2.39. The second kappa shape index (κ2) is 7.31. The minimum atomic E-state index is -0.636. The SMILES string of the molecule is Cc1ccc(-c2cn(-c3ccc4c(c3)CN(C3CCC(=O)NC3=O)C4=O)nn2)c(Cl)c1. The third kappa shape index (κ3) is 3.38. The van der Waals surface area contributed by atoms with E-state index in [0.29, 0.717) is 29.2 Å². The van der Waals surface area contributed by atoms with Crippen molar-refractivity contribution in [2.75, 3.05) is 0 Å². The van der Waals surface area contributed by atoms with Gasteiger partial charge in [-0.2, -0.15) is 0 Å². The summed E-state index contributed by atoms with van der Waals surface area (Å²) in [7, 11) is 0. The molecule has 1 unspecified atom stereocenters. The van der Waals surface area contributed by atoms with Crippen LogP contribution in [0, 0.1) is 6.92 Å². The van der Waals surface area contributed by atoms with E-state index in [2.05, 4.69) is 15.6 Å². The van der Waals surface area contributed by atoms with E-state index in [4.69, 9.17) is 11.6 Å². The van der Waals surface area contributed by atoms with Gasteiger partial charge in [0.15, 0.2) is 0 Å². The van der Waals surface area contributed by atoms with Crippen LogP contribution < -0.4 is 5.32 Å². The highest BCUT2D eigenvalue weighted by Crippen LogP contribution is 2.30. The number of nitrogens with zero attached hydrogens (tertiary/aromatic N) is 4. The van der Waals surface area contributed by atoms with Crippen LogP contribution >= 0.6 is 11.6 Å². The summed E-state index contributed by atoms with van der Waals surface area (Å²) in [5, 5.41) is 11.4. The molecule has 0 saturated carbocycles. The van der Waals surface area contributed by atoms with Crippen molar-refractivity contribution >= 4 is 29.3 Å². The van der Waals surface area contributed by atoms with E-state index in [1.807, 2.05) is 31.2 Å². The number of halogens is 1. The molecule has 0 bridgehead atoms. The van der Waals surface area contributed by atoms with E-state index in [0.717, 1.165) is 22.4 Å². The Kier molecular flexibility index (Phi) is 4.59. The van der Waals surface area contributed by atoms with E-state index < -0.39 is 11.9 Å². The van der Waals surface area contributed by atoms with Crippen molar-refractivity contribution in [1.29, 1.82) is 0 Å². The molecule has 31 heavy (non-hydrogen) atoms. The van der Waals surface area contributed by atoms with E-state index >= 15 is 0 Å². The van der Waals surface area contributed by atoms with Crippen LogP contribution in [0.3, 0.4) is 0 Å². The summed E-state index contributed by atoms with van der Waals surface area (Å²) in [4.78, 5) is 38.0. The number of piperidine rings is 1. The van der Waals surface area contributed by atoms with E-state index in [9.17, 15) is 14.4 Å². The lowest BCUT2D eigenvalue weighted by Gasteiger charge is -2.29. The molecular weight excluding hydrogens is 418 g/mol. The molecule has 1 atom stereocenters. The maximum Gasteiger partial charge on any atom is 0.255 e. The first-order valence-corrected chi connectivity index (χ1v) is 10.3. The fourth-order valence-corrected chi connectivity index (χ4v) is 4.38. The first kappa shape index (κ1) is 19.4. The largest absolute Gasteiger partial charge is 0.322 e. The zero-order chi connectivity index (χ0) is 21.7. The van der Waals surface area contributed by atoms with Crippen molar-refractivity contribution in [1.82, 2.24) is 25.2 Å². The number of hydrogen-bond acceptors (Lipinski definition) is 5. The summed E-state index contributed by atoms with van der Waals surface area (Å²) >= 11 is 6.35. The van der Waals surface area contributed by atoms with Crippen molar-refractivity contribution in [3.05, 3.63) is 64.3 Å². The molecule has 5 rings (SSSR count). The molecule has 3 aromatic rings. The third-order valence-corrected chi connectivity index (χ3v) is 5.98. The number of fused-ring (bicyclic) bond motifs is 1. The molecule has 1 fully saturated rings. The highest BCUT2D eigenvalue weighted by atomic mass is 35.5. The number of hydrogen-bond donors (Lipinski definition) is 1. The molecule has 2 aromatic carbocycles. The second-order valence-corrected chi connectivity index (χ2v) is 8.18. The zero-order valence-electron chi connectivity index (χ0n) is 16.6. The standard InChI is InChI=1S/C22H18ClN5O3/c1-12-2-4-16(17(23)8-12)18-11-28(26-25-18)14-3-5-15-13(9-14)10-27(22(15)31)19-6-7-20(29)24-21(19)30/h2-5,8-9,11,19H,6-7,10H2,1H3,(H,24,29,30). The average molecular weight is 436 g/mol. The Morgan fingerprint density at radius 3 is 2.68 bits per heavy atom. The van der Waals surface area contributed by atoms with Crippen LogP contribution in [0.2, 0.25) is 5.02 Å². The zero-order valence-corrected chi connectivity index (χ0v) is 17.4. The normalized spacial score (nSPS) is 18.3. The molecular formula is C22H18ClN5O3. The third-order valence-electron chi connectivity index (χ3n) is 5.67. The number of carbonyl (C=O) groups is 3. The van der Waals surface area contributed by atoms with Crippen LogP contribution in [0.4, 0.5) is 0 Å². The van der Waals surface area contributed by atoms with Crippen LogP contribution in [-0.4, -0.2) is 43.7 Å². The van der Waals surface area contributed by atoms with Gasteiger partial charge in [0.1, 0.15) is 11.7 Å². The van der Waals surface area contributed by atoms with Gasteiger partial charge in [-0.25, -0.2) is 4.68 Å². The smallest absolute Gasteiger partial charge is 0.255 e. The topological polar surface area (TPSA) is 97.2 Å². The molecule has 0 aliphatic carbocycles. The number of aromatic nitrogens is 3. The summed E-state index contributed by atoms with van der Waals surface area (Å²) in [6, 6.07) is 10.5. The molecule has 156 valence electrons. The van der Waals surface area contributed by atoms with Gasteiger partial charge in [-0.1, -0.05) is 28.9 Å². The predicted molar refractivity (Wildman–Crippen MR) is 113 cm³/mol. The van der Waals surface area contributed by atoms with Crippen LogP contribution in [0.1, 0.15) is 34.3 Å². The molecule has 1 N–H and O–H groups in total. The molecule has 0 radical (unpaired) electrons. The average Bonchev–Trinajstić information content (AvgIpc) is 3.33. The van der Waals surface area contributed by atoms with Gasteiger partial charge in [-0.3, -0.25) is 19.7 Å². The molecule has 9 heteroatoms. The van der Waals surface area contributed by atoms with Crippen LogP contribution in [0.15, 0.2) is 42.6 Å². The number of aryl methyl sites for hydroxylation is 1. The fourth-order valence-electron chi connectivity index (χ4n) is 4.04. The number of imide groups is 1. The Morgan fingerprint density at radius 1 is 1.10 bits per heavy atom. The van der Waals surface area contributed by atoms with Gasteiger partial charge in [0.25, 0.3) is 5.91 Å². The van der Waals surface area contributed by atoms with Crippen molar-refractivity contribution in [3.8, 4) is 16.9 Å². The predicted octanol–water partition coefficient (Wildman–Crippen LogP) is 2.66. The van der Waals surface area contributed by atoms with Crippen molar-refractivity contribution in [2.45, 2.75) is 32.4 Å². The first-order valence-electron chi connectivity index (χ1n) is 9.87. The fraction of sp³-hybridized carbons (Fsp3) is 0.227. The summed E-state index contributed by atoms with van der Waals surface area (Å²) in [5.74, 6) is -0.932. The first-order chi connectivity index (χ1) is 14.9. The van der Waals surface area contributed by atoms with Gasteiger partial charge in [0.05, 0.1) is 16.9 Å². The number of nitrogens with one attached hydrogen (secondary N) is 1. The lowest BCUT2D eigenvalue weighted by Crippen LogP contribution is -2.52. The lowest BCUT2D eigenvalue weighted by molar-refractivity contribution is -0.136. The van der Waals surface area contributed by atoms with Crippen LogP contribution in [0.25, 0.3) is 16.9 Å². The maximum absolute atomic E-state index is 12.8. The molecule has 0 spiro atoms. The van der Waals surface area contributed by atoms with Crippen molar-refractivity contribution < 1.29 is 14.4 Å². The minimum Gasteiger partial charge on any atom is -0.322 e.